The molecule has 1 aliphatic rings. The van der Waals surface area contributed by atoms with Crippen LogP contribution in [0.25, 0.3) is 0 Å². The maximum absolute atomic E-state index is 11.1. The molecule has 96 valence electrons. The van der Waals surface area contributed by atoms with Gasteiger partial charge < -0.3 is 10.0 Å². The number of hydrogen-bond donors (Lipinski definition) is 1. The molecule has 0 aromatic carbocycles. The van der Waals surface area contributed by atoms with Crippen molar-refractivity contribution in [3.8, 4) is 0 Å². The number of likely N-dealkylation sites (N-methyl/N-ethyl adjacent to an activating group) is 1. The summed E-state index contributed by atoms with van der Waals surface area (Å²) in [6.45, 7) is 8.92. The summed E-state index contributed by atoms with van der Waals surface area (Å²) in [5.41, 5.74) is -0.505. The Hall–Kier alpha value is -0.0800. The van der Waals surface area contributed by atoms with Gasteiger partial charge in [0.1, 0.15) is 0 Å². The lowest BCUT2D eigenvalue weighted by atomic mass is 9.64. The predicted molar refractivity (Wildman–Crippen MR) is 69.4 cm³/mol. The molecule has 0 saturated heterocycles. The van der Waals surface area contributed by atoms with Gasteiger partial charge in [-0.3, -0.25) is 0 Å². The van der Waals surface area contributed by atoms with E-state index in [1.54, 1.807) is 0 Å². The predicted octanol–water partition coefficient (Wildman–Crippen LogP) is 2.76. The zero-order chi connectivity index (χ0) is 12.5. The third-order valence-electron chi connectivity index (χ3n) is 4.59. The summed E-state index contributed by atoms with van der Waals surface area (Å²) < 4.78 is 0. The lowest BCUT2D eigenvalue weighted by Crippen LogP contribution is -2.57. The minimum absolute atomic E-state index is 0.239. The van der Waals surface area contributed by atoms with Crippen LogP contribution in [0.15, 0.2) is 0 Å². The van der Waals surface area contributed by atoms with Crippen LogP contribution in [0.5, 0.6) is 0 Å². The zero-order valence-electron chi connectivity index (χ0n) is 11.8. The smallest absolute Gasteiger partial charge is 0.0832 e. The Kier molecular flexibility index (Phi) is 4.42. The van der Waals surface area contributed by atoms with Crippen molar-refractivity contribution in [2.45, 2.75) is 58.6 Å². The highest BCUT2D eigenvalue weighted by atomic mass is 16.3. The molecule has 1 N–H and O–H groups in total. The van der Waals surface area contributed by atoms with Gasteiger partial charge in [0.05, 0.1) is 5.60 Å². The molecule has 0 amide bonds. The zero-order valence-corrected chi connectivity index (χ0v) is 11.8. The molecule has 1 aliphatic carbocycles. The minimum Gasteiger partial charge on any atom is -0.388 e. The van der Waals surface area contributed by atoms with E-state index in [1.165, 1.54) is 12.8 Å². The van der Waals surface area contributed by atoms with E-state index in [-0.39, 0.29) is 6.04 Å². The summed E-state index contributed by atoms with van der Waals surface area (Å²) in [6, 6.07) is 0.239. The standard InChI is InChI=1S/C14H29NO/c1-10(2)13-8-7-11(3)9-14(13,16)12(4)15(5)6/h10-13,16H,7-9H2,1-6H3/t11-,12-,13+,14-/m1/s1. The average molecular weight is 227 g/mol. The number of rotatable bonds is 3. The highest BCUT2D eigenvalue weighted by Crippen LogP contribution is 2.43. The molecule has 0 spiro atoms. The number of nitrogens with zero attached hydrogens (tertiary/aromatic N) is 1. The van der Waals surface area contributed by atoms with Crippen LogP contribution in [0, 0.1) is 17.8 Å². The highest BCUT2D eigenvalue weighted by Gasteiger charge is 2.46. The second-order valence-corrected chi connectivity index (χ2v) is 6.37. The molecule has 1 fully saturated rings. The molecule has 0 aromatic heterocycles. The van der Waals surface area contributed by atoms with E-state index in [9.17, 15) is 5.11 Å². The van der Waals surface area contributed by atoms with Crippen molar-refractivity contribution in [2.75, 3.05) is 14.1 Å². The minimum atomic E-state index is -0.505. The van der Waals surface area contributed by atoms with Crippen LogP contribution in [0.3, 0.4) is 0 Å². The van der Waals surface area contributed by atoms with Crippen LogP contribution in [0.4, 0.5) is 0 Å². The molecular formula is C14H29NO. The molecule has 2 heteroatoms. The van der Waals surface area contributed by atoms with Gasteiger partial charge >= 0.3 is 0 Å². The van der Waals surface area contributed by atoms with Crippen LogP contribution < -0.4 is 0 Å². The molecule has 0 radical (unpaired) electrons. The third kappa shape index (κ3) is 2.60. The van der Waals surface area contributed by atoms with E-state index < -0.39 is 5.60 Å². The normalized spacial score (nSPS) is 38.1. The molecule has 0 aromatic rings. The molecular weight excluding hydrogens is 198 g/mol. The summed E-state index contributed by atoms with van der Waals surface area (Å²) in [7, 11) is 4.14. The molecule has 1 saturated carbocycles. The van der Waals surface area contributed by atoms with Gasteiger partial charge in [0.15, 0.2) is 0 Å². The molecule has 0 bridgehead atoms. The fraction of sp³-hybridized carbons (Fsp3) is 1.00. The third-order valence-corrected chi connectivity index (χ3v) is 4.59. The quantitative estimate of drug-likeness (QED) is 0.801. The molecule has 0 heterocycles. The van der Waals surface area contributed by atoms with Gasteiger partial charge in [0.25, 0.3) is 0 Å². The molecule has 0 unspecified atom stereocenters. The SMILES string of the molecule is CC(C)[C@@H]1CC[C@@H](C)C[C@@]1(O)[C@@H](C)N(C)C. The van der Waals surface area contributed by atoms with Gasteiger partial charge in [0.2, 0.25) is 0 Å². The molecule has 0 aliphatic heterocycles. The van der Waals surface area contributed by atoms with Crippen molar-refractivity contribution in [3.63, 3.8) is 0 Å². The van der Waals surface area contributed by atoms with Crippen LogP contribution in [-0.4, -0.2) is 35.7 Å². The average Bonchev–Trinajstić information content (AvgIpc) is 2.15. The first-order valence-electron chi connectivity index (χ1n) is 6.67. The first kappa shape index (κ1) is 14.0. The lowest BCUT2D eigenvalue weighted by Gasteiger charge is -2.50. The second-order valence-electron chi connectivity index (χ2n) is 6.37. The fourth-order valence-electron chi connectivity index (χ4n) is 3.36. The monoisotopic (exact) mass is 227 g/mol. The maximum atomic E-state index is 11.1. The lowest BCUT2D eigenvalue weighted by molar-refractivity contribution is -0.122. The van der Waals surface area contributed by atoms with Gasteiger partial charge in [0, 0.05) is 6.04 Å². The summed E-state index contributed by atoms with van der Waals surface area (Å²) in [5.74, 6) is 1.67. The van der Waals surface area contributed by atoms with Crippen molar-refractivity contribution in [1.82, 2.24) is 4.90 Å². The number of aliphatic hydroxyl groups is 1. The van der Waals surface area contributed by atoms with Gasteiger partial charge in [-0.15, -0.1) is 0 Å². The van der Waals surface area contributed by atoms with E-state index in [4.69, 9.17) is 0 Å². The van der Waals surface area contributed by atoms with E-state index in [1.807, 2.05) is 0 Å². The number of hydrogen-bond acceptors (Lipinski definition) is 2. The van der Waals surface area contributed by atoms with Crippen molar-refractivity contribution >= 4 is 0 Å². The summed E-state index contributed by atoms with van der Waals surface area (Å²) in [4.78, 5) is 2.16. The van der Waals surface area contributed by atoms with Crippen molar-refractivity contribution < 1.29 is 5.11 Å². The van der Waals surface area contributed by atoms with E-state index >= 15 is 0 Å². The Morgan fingerprint density at radius 2 is 1.75 bits per heavy atom. The highest BCUT2D eigenvalue weighted by molar-refractivity contribution is 4.99. The summed E-state index contributed by atoms with van der Waals surface area (Å²) in [6.07, 6.45) is 3.40. The van der Waals surface area contributed by atoms with Gasteiger partial charge in [-0.2, -0.15) is 0 Å². The Morgan fingerprint density at radius 3 is 2.19 bits per heavy atom. The van der Waals surface area contributed by atoms with E-state index in [0.717, 1.165) is 6.42 Å². The summed E-state index contributed by atoms with van der Waals surface area (Å²) >= 11 is 0. The molecule has 16 heavy (non-hydrogen) atoms. The van der Waals surface area contributed by atoms with Crippen molar-refractivity contribution in [2.24, 2.45) is 17.8 Å². The first-order valence-corrected chi connectivity index (χ1v) is 6.67. The fourth-order valence-corrected chi connectivity index (χ4v) is 3.36. The largest absolute Gasteiger partial charge is 0.388 e. The van der Waals surface area contributed by atoms with E-state index in [2.05, 4.69) is 46.7 Å². The Labute approximate surface area is 101 Å². The van der Waals surface area contributed by atoms with Crippen molar-refractivity contribution in [3.05, 3.63) is 0 Å². The maximum Gasteiger partial charge on any atom is 0.0832 e. The molecule has 1 rings (SSSR count). The molecule has 4 atom stereocenters. The van der Waals surface area contributed by atoms with Gasteiger partial charge in [-0.05, 0) is 51.6 Å². The first-order chi connectivity index (χ1) is 7.29. The molecule has 2 nitrogen and oxygen atoms in total. The van der Waals surface area contributed by atoms with Crippen LogP contribution in [-0.2, 0) is 0 Å². The van der Waals surface area contributed by atoms with Crippen LogP contribution >= 0.6 is 0 Å². The Bertz CT molecular complexity index is 227. The van der Waals surface area contributed by atoms with E-state index in [0.29, 0.717) is 17.8 Å². The van der Waals surface area contributed by atoms with Crippen LogP contribution in [0.2, 0.25) is 0 Å². The Balaban J connectivity index is 2.92. The Morgan fingerprint density at radius 1 is 1.19 bits per heavy atom. The topological polar surface area (TPSA) is 23.5 Å². The van der Waals surface area contributed by atoms with Crippen LogP contribution in [0.1, 0.15) is 47.0 Å². The van der Waals surface area contributed by atoms with Gasteiger partial charge in [-0.25, -0.2) is 0 Å². The summed E-state index contributed by atoms with van der Waals surface area (Å²) in [5, 5.41) is 11.1. The second kappa shape index (κ2) is 5.05. The van der Waals surface area contributed by atoms with Crippen molar-refractivity contribution in [1.29, 1.82) is 0 Å². The van der Waals surface area contributed by atoms with Gasteiger partial charge in [-0.1, -0.05) is 27.2 Å².